The van der Waals surface area contributed by atoms with E-state index in [1.807, 2.05) is 0 Å². The van der Waals surface area contributed by atoms with E-state index in [4.69, 9.17) is 16.7 Å². The SMILES string of the molecule is O=C(O)C1CN(S(=O)(=O)c2cccc(Cl)c2F)C1. The number of hydrogen-bond donors (Lipinski definition) is 1. The van der Waals surface area contributed by atoms with Crippen LogP contribution in [0, 0.1) is 11.7 Å². The second-order valence-corrected chi connectivity index (χ2v) is 6.22. The van der Waals surface area contributed by atoms with Crippen LogP contribution >= 0.6 is 11.6 Å². The summed E-state index contributed by atoms with van der Waals surface area (Å²) in [4.78, 5) is 10.1. The van der Waals surface area contributed by atoms with Gasteiger partial charge in [-0.1, -0.05) is 17.7 Å². The number of carbonyl (C=O) groups is 1. The van der Waals surface area contributed by atoms with Gasteiger partial charge in [0.2, 0.25) is 10.0 Å². The highest BCUT2D eigenvalue weighted by molar-refractivity contribution is 7.89. The van der Waals surface area contributed by atoms with Crippen LogP contribution in [0.25, 0.3) is 0 Å². The van der Waals surface area contributed by atoms with Gasteiger partial charge in [0.25, 0.3) is 0 Å². The lowest BCUT2D eigenvalue weighted by molar-refractivity contribution is -0.145. The summed E-state index contributed by atoms with van der Waals surface area (Å²) in [5.41, 5.74) is 0. The average molecular weight is 294 g/mol. The minimum atomic E-state index is -4.01. The van der Waals surface area contributed by atoms with Gasteiger partial charge in [0.15, 0.2) is 5.82 Å². The van der Waals surface area contributed by atoms with Crippen LogP contribution in [0.5, 0.6) is 0 Å². The standard InChI is InChI=1S/C10H9ClFNO4S/c11-7-2-1-3-8(9(7)12)18(16,17)13-4-6(5-13)10(14)15/h1-3,6H,4-5H2,(H,14,15). The van der Waals surface area contributed by atoms with Crippen LogP contribution in [-0.2, 0) is 14.8 Å². The molecule has 1 aliphatic rings. The van der Waals surface area contributed by atoms with Gasteiger partial charge in [-0.25, -0.2) is 12.8 Å². The van der Waals surface area contributed by atoms with Crippen molar-refractivity contribution in [2.75, 3.05) is 13.1 Å². The molecular formula is C10H9ClFNO4S. The Hall–Kier alpha value is -1.18. The largest absolute Gasteiger partial charge is 0.481 e. The van der Waals surface area contributed by atoms with Crippen LogP contribution < -0.4 is 0 Å². The van der Waals surface area contributed by atoms with E-state index in [9.17, 15) is 17.6 Å². The average Bonchev–Trinajstić information content (AvgIpc) is 2.18. The Labute approximate surface area is 108 Å². The van der Waals surface area contributed by atoms with Crippen LogP contribution in [0.1, 0.15) is 0 Å². The molecule has 0 radical (unpaired) electrons. The third-order valence-corrected chi connectivity index (χ3v) is 4.87. The smallest absolute Gasteiger partial charge is 0.309 e. The van der Waals surface area contributed by atoms with Gasteiger partial charge in [0, 0.05) is 13.1 Å². The van der Waals surface area contributed by atoms with Gasteiger partial charge in [0.05, 0.1) is 10.9 Å². The fraction of sp³-hybridized carbons (Fsp3) is 0.300. The van der Waals surface area contributed by atoms with E-state index >= 15 is 0 Å². The van der Waals surface area contributed by atoms with E-state index in [2.05, 4.69) is 0 Å². The molecule has 0 unspecified atom stereocenters. The third-order valence-electron chi connectivity index (χ3n) is 2.73. The summed E-state index contributed by atoms with van der Waals surface area (Å²) in [6.07, 6.45) is 0. The van der Waals surface area contributed by atoms with Crippen molar-refractivity contribution in [3.05, 3.63) is 29.0 Å². The second kappa shape index (κ2) is 4.49. The molecule has 1 fully saturated rings. The summed E-state index contributed by atoms with van der Waals surface area (Å²) in [7, 11) is -4.01. The highest BCUT2D eigenvalue weighted by atomic mass is 35.5. The number of hydrogen-bond acceptors (Lipinski definition) is 3. The number of rotatable bonds is 3. The van der Waals surface area contributed by atoms with Crippen molar-refractivity contribution in [2.24, 2.45) is 5.92 Å². The van der Waals surface area contributed by atoms with Crippen LogP contribution in [0.15, 0.2) is 23.1 Å². The normalized spacial score (nSPS) is 17.4. The van der Waals surface area contributed by atoms with Gasteiger partial charge < -0.3 is 5.11 Å². The van der Waals surface area contributed by atoms with Crippen molar-refractivity contribution in [3.63, 3.8) is 0 Å². The molecule has 1 aromatic carbocycles. The van der Waals surface area contributed by atoms with Gasteiger partial charge in [-0.3, -0.25) is 4.79 Å². The molecule has 5 nitrogen and oxygen atoms in total. The van der Waals surface area contributed by atoms with E-state index in [0.717, 1.165) is 10.4 Å². The number of sulfonamides is 1. The van der Waals surface area contributed by atoms with Gasteiger partial charge in [-0.2, -0.15) is 4.31 Å². The quantitative estimate of drug-likeness (QED) is 0.908. The number of benzene rings is 1. The van der Waals surface area contributed by atoms with E-state index in [1.165, 1.54) is 12.1 Å². The third kappa shape index (κ3) is 2.09. The summed E-state index contributed by atoms with van der Waals surface area (Å²) in [5.74, 6) is -2.81. The minimum Gasteiger partial charge on any atom is -0.481 e. The van der Waals surface area contributed by atoms with Crippen molar-refractivity contribution < 1.29 is 22.7 Å². The molecule has 1 aromatic rings. The molecule has 1 N–H and O–H groups in total. The first-order valence-corrected chi connectivity index (χ1v) is 6.83. The van der Waals surface area contributed by atoms with Crippen molar-refractivity contribution in [1.29, 1.82) is 0 Å². The molecule has 0 aromatic heterocycles. The van der Waals surface area contributed by atoms with Crippen LogP contribution in [0.3, 0.4) is 0 Å². The Kier molecular flexibility index (Phi) is 3.31. The number of carboxylic acid groups (broad SMARTS) is 1. The van der Waals surface area contributed by atoms with Crippen LogP contribution in [0.2, 0.25) is 5.02 Å². The predicted octanol–water partition coefficient (Wildman–Crippen LogP) is 1.18. The molecule has 98 valence electrons. The predicted molar refractivity (Wildman–Crippen MR) is 61.3 cm³/mol. The first-order chi connectivity index (χ1) is 8.34. The van der Waals surface area contributed by atoms with Gasteiger partial charge >= 0.3 is 5.97 Å². The molecule has 0 aliphatic carbocycles. The zero-order valence-electron chi connectivity index (χ0n) is 9.01. The highest BCUT2D eigenvalue weighted by Crippen LogP contribution is 2.29. The summed E-state index contributed by atoms with van der Waals surface area (Å²) in [5, 5.41) is 8.38. The van der Waals surface area contributed by atoms with E-state index in [0.29, 0.717) is 0 Å². The molecule has 1 aliphatic heterocycles. The molecule has 2 rings (SSSR count). The second-order valence-electron chi connectivity index (χ2n) is 3.91. The van der Waals surface area contributed by atoms with Crippen molar-refractivity contribution in [3.8, 4) is 0 Å². The number of aliphatic carboxylic acids is 1. The lowest BCUT2D eigenvalue weighted by Crippen LogP contribution is -2.52. The topological polar surface area (TPSA) is 74.7 Å². The lowest BCUT2D eigenvalue weighted by atomic mass is 10.0. The van der Waals surface area contributed by atoms with Gasteiger partial charge in [-0.15, -0.1) is 0 Å². The Morgan fingerprint density at radius 1 is 1.44 bits per heavy atom. The molecule has 18 heavy (non-hydrogen) atoms. The van der Waals surface area contributed by atoms with E-state index < -0.39 is 32.6 Å². The van der Waals surface area contributed by atoms with Gasteiger partial charge in [-0.05, 0) is 12.1 Å². The minimum absolute atomic E-state index is 0.149. The summed E-state index contributed by atoms with van der Waals surface area (Å²) >= 11 is 5.51. The maximum Gasteiger partial charge on any atom is 0.309 e. The fourth-order valence-corrected chi connectivity index (χ4v) is 3.46. The van der Waals surface area contributed by atoms with Crippen LogP contribution in [-0.4, -0.2) is 36.9 Å². The van der Waals surface area contributed by atoms with Crippen molar-refractivity contribution in [1.82, 2.24) is 4.31 Å². The maximum atomic E-state index is 13.6. The molecule has 0 saturated carbocycles. The number of halogens is 2. The summed E-state index contributed by atoms with van der Waals surface area (Å²) < 4.78 is 38.5. The van der Waals surface area contributed by atoms with Crippen LogP contribution in [0.4, 0.5) is 4.39 Å². The molecule has 0 bridgehead atoms. The zero-order valence-corrected chi connectivity index (χ0v) is 10.6. The van der Waals surface area contributed by atoms with Crippen molar-refractivity contribution in [2.45, 2.75) is 4.90 Å². The molecule has 0 spiro atoms. The van der Waals surface area contributed by atoms with E-state index in [-0.39, 0.29) is 18.1 Å². The number of carboxylic acids is 1. The number of nitrogens with zero attached hydrogens (tertiary/aromatic N) is 1. The molecule has 8 heteroatoms. The highest BCUT2D eigenvalue weighted by Gasteiger charge is 2.41. The molecular weight excluding hydrogens is 285 g/mol. The van der Waals surface area contributed by atoms with E-state index in [1.54, 1.807) is 0 Å². The Morgan fingerprint density at radius 3 is 2.61 bits per heavy atom. The van der Waals surface area contributed by atoms with Crippen molar-refractivity contribution >= 4 is 27.6 Å². The Morgan fingerprint density at radius 2 is 2.06 bits per heavy atom. The Bertz CT molecular complexity index is 598. The maximum absolute atomic E-state index is 13.6. The molecule has 1 saturated heterocycles. The Balaban J connectivity index is 2.28. The zero-order chi connectivity index (χ0) is 13.5. The summed E-state index contributed by atoms with van der Waals surface area (Å²) in [6.45, 7) is -0.298. The first-order valence-electron chi connectivity index (χ1n) is 5.01. The lowest BCUT2D eigenvalue weighted by Gasteiger charge is -2.35. The molecule has 0 atom stereocenters. The first kappa shape index (κ1) is 13.3. The monoisotopic (exact) mass is 293 g/mol. The van der Waals surface area contributed by atoms with Gasteiger partial charge in [0.1, 0.15) is 4.90 Å². The fourth-order valence-electron chi connectivity index (χ4n) is 1.61. The molecule has 1 heterocycles. The summed E-state index contributed by atoms with van der Waals surface area (Å²) in [6, 6.07) is 3.67. The molecule has 0 amide bonds.